The number of aryl methyl sites for hydroxylation is 2. The number of nitrogens with one attached hydrogen (secondary N) is 2. The Morgan fingerprint density at radius 3 is 2.20 bits per heavy atom. The number of hydrogen-bond donors (Lipinski definition) is 2. The summed E-state index contributed by atoms with van der Waals surface area (Å²) >= 11 is 0. The van der Waals surface area contributed by atoms with Crippen molar-refractivity contribution >= 4 is 38.9 Å². The first-order valence-electron chi connectivity index (χ1n) is 9.23. The summed E-state index contributed by atoms with van der Waals surface area (Å²) in [5.41, 5.74) is 6.55. The molecule has 0 unspecified atom stereocenters. The van der Waals surface area contributed by atoms with Crippen LogP contribution in [0.15, 0.2) is 47.6 Å². The maximum atomic E-state index is 12.4. The van der Waals surface area contributed by atoms with Crippen molar-refractivity contribution in [2.24, 2.45) is 5.10 Å². The van der Waals surface area contributed by atoms with Crippen LogP contribution in [0.1, 0.15) is 30.5 Å². The van der Waals surface area contributed by atoms with Crippen LogP contribution >= 0.6 is 0 Å². The quantitative estimate of drug-likeness (QED) is 0.520. The summed E-state index contributed by atoms with van der Waals surface area (Å²) in [6.07, 6.45) is 1.06. The van der Waals surface area contributed by atoms with Crippen LogP contribution in [0, 0.1) is 13.8 Å². The minimum Gasteiger partial charge on any atom is -0.326 e. The molecule has 0 heterocycles. The molecule has 160 valence electrons. The van der Waals surface area contributed by atoms with Gasteiger partial charge < -0.3 is 5.32 Å². The van der Waals surface area contributed by atoms with Crippen LogP contribution in [-0.4, -0.2) is 38.7 Å². The number of carbonyl (C=O) groups excluding carboxylic acids is 2. The molecule has 0 spiro atoms. The van der Waals surface area contributed by atoms with Crippen LogP contribution in [-0.2, 0) is 19.6 Å². The van der Waals surface area contributed by atoms with Crippen LogP contribution in [0.3, 0.4) is 0 Å². The molecule has 2 N–H and O–H groups in total. The van der Waals surface area contributed by atoms with Crippen molar-refractivity contribution < 1.29 is 18.0 Å². The van der Waals surface area contributed by atoms with Gasteiger partial charge in [0.05, 0.1) is 17.7 Å². The largest absolute Gasteiger partial charge is 0.326 e. The fraction of sp³-hybridized carbons (Fsp3) is 0.286. The second-order valence-corrected chi connectivity index (χ2v) is 8.96. The van der Waals surface area contributed by atoms with Gasteiger partial charge >= 0.3 is 0 Å². The average Bonchev–Trinajstić information content (AvgIpc) is 2.64. The predicted octanol–water partition coefficient (Wildman–Crippen LogP) is 2.57. The third-order valence-corrected chi connectivity index (χ3v) is 5.41. The van der Waals surface area contributed by atoms with Gasteiger partial charge in [-0.25, -0.2) is 13.8 Å². The highest BCUT2D eigenvalue weighted by molar-refractivity contribution is 7.92. The summed E-state index contributed by atoms with van der Waals surface area (Å²) in [5.74, 6) is -0.728. The number of amides is 2. The summed E-state index contributed by atoms with van der Waals surface area (Å²) in [5, 5.41) is 6.73. The van der Waals surface area contributed by atoms with Gasteiger partial charge in [-0.05, 0) is 50.1 Å². The molecule has 2 aromatic carbocycles. The van der Waals surface area contributed by atoms with Crippen molar-refractivity contribution in [3.05, 3.63) is 59.2 Å². The second-order valence-electron chi connectivity index (χ2n) is 7.05. The maximum Gasteiger partial charge on any atom is 0.260 e. The van der Waals surface area contributed by atoms with Crippen LogP contribution in [0.4, 0.5) is 11.4 Å². The van der Waals surface area contributed by atoms with E-state index in [1.165, 1.54) is 6.92 Å². The summed E-state index contributed by atoms with van der Waals surface area (Å²) < 4.78 is 25.6. The molecule has 9 heteroatoms. The minimum atomic E-state index is -3.66. The van der Waals surface area contributed by atoms with Gasteiger partial charge in [-0.2, -0.15) is 5.10 Å². The van der Waals surface area contributed by atoms with Gasteiger partial charge in [-0.1, -0.05) is 29.8 Å². The second kappa shape index (κ2) is 9.53. The molecule has 0 saturated carbocycles. The molecule has 0 radical (unpaired) electrons. The molecule has 2 amide bonds. The molecule has 8 nitrogen and oxygen atoms in total. The first kappa shape index (κ1) is 23.1. The molecular weight excluding hydrogens is 404 g/mol. The molecule has 0 fully saturated rings. The normalized spacial score (nSPS) is 11.7. The van der Waals surface area contributed by atoms with E-state index in [2.05, 4.69) is 15.8 Å². The Kier molecular flexibility index (Phi) is 7.33. The molecule has 0 atom stereocenters. The molecular formula is C21H26N4O4S. The lowest BCUT2D eigenvalue weighted by Gasteiger charge is -2.23. The molecule has 0 aliphatic carbocycles. The van der Waals surface area contributed by atoms with E-state index in [9.17, 15) is 18.0 Å². The Labute approximate surface area is 177 Å². The number of nitrogens with zero attached hydrogens (tertiary/aromatic N) is 2. The van der Waals surface area contributed by atoms with E-state index in [0.717, 1.165) is 27.3 Å². The zero-order valence-corrected chi connectivity index (χ0v) is 18.5. The van der Waals surface area contributed by atoms with Crippen LogP contribution in [0.25, 0.3) is 0 Å². The summed E-state index contributed by atoms with van der Waals surface area (Å²) in [6, 6.07) is 12.3. The fourth-order valence-electron chi connectivity index (χ4n) is 2.84. The zero-order valence-electron chi connectivity index (χ0n) is 17.7. The van der Waals surface area contributed by atoms with Gasteiger partial charge in [0.1, 0.15) is 6.54 Å². The van der Waals surface area contributed by atoms with E-state index in [1.54, 1.807) is 50.2 Å². The van der Waals surface area contributed by atoms with Crippen molar-refractivity contribution in [3.63, 3.8) is 0 Å². The van der Waals surface area contributed by atoms with Gasteiger partial charge in [0, 0.05) is 12.6 Å². The van der Waals surface area contributed by atoms with Gasteiger partial charge in [-0.3, -0.25) is 13.9 Å². The molecule has 0 aromatic heterocycles. The van der Waals surface area contributed by atoms with Crippen molar-refractivity contribution in [2.75, 3.05) is 22.4 Å². The Morgan fingerprint density at radius 2 is 1.67 bits per heavy atom. The maximum absolute atomic E-state index is 12.4. The van der Waals surface area contributed by atoms with Crippen molar-refractivity contribution in [1.29, 1.82) is 0 Å². The lowest BCUT2D eigenvalue weighted by atomic mass is 10.1. The van der Waals surface area contributed by atoms with E-state index in [0.29, 0.717) is 17.1 Å². The molecule has 0 aliphatic rings. The molecule has 0 bridgehead atoms. The molecule has 2 aromatic rings. The Balaban J connectivity index is 2.12. The van der Waals surface area contributed by atoms with E-state index in [4.69, 9.17) is 0 Å². The number of benzene rings is 2. The standard InChI is InChI=1S/C21H26N4O4S/c1-14-6-11-20(15(2)12-14)25(30(5,28)29)13-21(27)24-23-16(3)18-7-9-19(10-8-18)22-17(4)26/h6-12H,13H2,1-5H3,(H,22,26)(H,24,27)/b23-16-. The lowest BCUT2D eigenvalue weighted by molar-refractivity contribution is -0.119. The first-order valence-corrected chi connectivity index (χ1v) is 11.1. The SMILES string of the molecule is CC(=O)Nc1ccc(/C(C)=N\NC(=O)CN(c2ccc(C)cc2C)S(C)(=O)=O)cc1. The van der Waals surface area contributed by atoms with Crippen molar-refractivity contribution in [2.45, 2.75) is 27.7 Å². The van der Waals surface area contributed by atoms with Crippen molar-refractivity contribution in [1.82, 2.24) is 5.43 Å². The summed E-state index contributed by atoms with van der Waals surface area (Å²) in [6.45, 7) is 6.46. The number of hydrazone groups is 1. The highest BCUT2D eigenvalue weighted by Crippen LogP contribution is 2.23. The molecule has 30 heavy (non-hydrogen) atoms. The van der Waals surface area contributed by atoms with E-state index >= 15 is 0 Å². The smallest absolute Gasteiger partial charge is 0.260 e. The Hall–Kier alpha value is -3.20. The Bertz CT molecular complexity index is 1080. The van der Waals surface area contributed by atoms with Crippen LogP contribution in [0.2, 0.25) is 0 Å². The number of anilines is 2. The lowest BCUT2D eigenvalue weighted by Crippen LogP contribution is -2.39. The van der Waals surface area contributed by atoms with Gasteiger partial charge in [0.2, 0.25) is 15.9 Å². The number of carbonyl (C=O) groups is 2. The summed E-state index contributed by atoms with van der Waals surface area (Å²) in [4.78, 5) is 23.5. The first-order chi connectivity index (χ1) is 14.0. The Morgan fingerprint density at radius 1 is 1.03 bits per heavy atom. The average molecular weight is 431 g/mol. The van der Waals surface area contributed by atoms with Crippen LogP contribution < -0.4 is 15.0 Å². The van der Waals surface area contributed by atoms with Gasteiger partial charge in [0.25, 0.3) is 5.91 Å². The highest BCUT2D eigenvalue weighted by atomic mass is 32.2. The molecule has 0 saturated heterocycles. The monoisotopic (exact) mass is 430 g/mol. The van der Waals surface area contributed by atoms with E-state index in [-0.39, 0.29) is 12.5 Å². The number of rotatable bonds is 7. The highest BCUT2D eigenvalue weighted by Gasteiger charge is 2.22. The third kappa shape index (κ3) is 6.41. The van der Waals surface area contributed by atoms with E-state index in [1.807, 2.05) is 13.0 Å². The predicted molar refractivity (Wildman–Crippen MR) is 119 cm³/mol. The number of sulfonamides is 1. The number of hydrogen-bond acceptors (Lipinski definition) is 5. The van der Waals surface area contributed by atoms with Crippen molar-refractivity contribution in [3.8, 4) is 0 Å². The zero-order chi connectivity index (χ0) is 22.5. The van der Waals surface area contributed by atoms with E-state index < -0.39 is 15.9 Å². The van der Waals surface area contributed by atoms with Gasteiger partial charge in [0.15, 0.2) is 0 Å². The molecule has 0 aliphatic heterocycles. The van der Waals surface area contributed by atoms with Gasteiger partial charge in [-0.15, -0.1) is 0 Å². The molecule has 2 rings (SSSR count). The fourth-order valence-corrected chi connectivity index (χ4v) is 3.75. The third-order valence-electron chi connectivity index (χ3n) is 4.28. The minimum absolute atomic E-state index is 0.167. The topological polar surface area (TPSA) is 108 Å². The summed E-state index contributed by atoms with van der Waals surface area (Å²) in [7, 11) is -3.66. The van der Waals surface area contributed by atoms with Crippen LogP contribution in [0.5, 0.6) is 0 Å².